The van der Waals surface area contributed by atoms with Crippen LogP contribution in [-0.2, 0) is 6.42 Å². The zero-order valence-corrected chi connectivity index (χ0v) is 15.1. The quantitative estimate of drug-likeness (QED) is 0.762. The van der Waals surface area contributed by atoms with Gasteiger partial charge < -0.3 is 19.5 Å². The third-order valence-electron chi connectivity index (χ3n) is 4.63. The van der Waals surface area contributed by atoms with Crippen LogP contribution >= 0.6 is 0 Å². The first-order chi connectivity index (χ1) is 12.8. The summed E-state index contributed by atoms with van der Waals surface area (Å²) >= 11 is 0. The Kier molecular flexibility index (Phi) is 4.16. The lowest BCUT2D eigenvalue weighted by Gasteiger charge is -2.12. The number of para-hydroxylation sites is 2. The lowest BCUT2D eigenvalue weighted by Crippen LogP contribution is -2.06. The van der Waals surface area contributed by atoms with Gasteiger partial charge in [0, 0.05) is 12.1 Å². The minimum atomic E-state index is 0.740. The second-order valence-electron chi connectivity index (χ2n) is 5.97. The summed E-state index contributed by atoms with van der Waals surface area (Å²) in [5.41, 5.74) is 3.77. The van der Waals surface area contributed by atoms with Gasteiger partial charge in [-0.25, -0.2) is 4.68 Å². The van der Waals surface area contributed by atoms with Crippen LogP contribution in [0.2, 0.25) is 0 Å². The van der Waals surface area contributed by atoms with Crippen LogP contribution in [0.1, 0.15) is 5.56 Å². The molecule has 6 heteroatoms. The van der Waals surface area contributed by atoms with Crippen molar-refractivity contribution in [2.75, 3.05) is 33.2 Å². The van der Waals surface area contributed by atoms with Crippen LogP contribution in [0.25, 0.3) is 16.9 Å². The van der Waals surface area contributed by atoms with Gasteiger partial charge in [0.25, 0.3) is 0 Å². The Morgan fingerprint density at radius 2 is 1.54 bits per heavy atom. The summed E-state index contributed by atoms with van der Waals surface area (Å²) in [6.07, 6.45) is 0.890. The maximum Gasteiger partial charge on any atom is 0.144 e. The van der Waals surface area contributed by atoms with Gasteiger partial charge in [0.1, 0.15) is 34.4 Å². The number of nitrogens with zero attached hydrogens (tertiary/aromatic N) is 2. The van der Waals surface area contributed by atoms with E-state index in [0.717, 1.165) is 58.5 Å². The number of hydrogen-bond donors (Lipinski definition) is 1. The molecule has 0 aliphatic carbocycles. The number of anilines is 1. The highest BCUT2D eigenvalue weighted by Crippen LogP contribution is 2.43. The van der Waals surface area contributed by atoms with E-state index in [1.54, 1.807) is 21.3 Å². The van der Waals surface area contributed by atoms with Crippen molar-refractivity contribution in [1.82, 2.24) is 9.78 Å². The molecule has 1 N–H and O–H groups in total. The van der Waals surface area contributed by atoms with Crippen LogP contribution < -0.4 is 19.5 Å². The molecule has 0 spiro atoms. The molecule has 0 unspecified atom stereocenters. The predicted molar refractivity (Wildman–Crippen MR) is 101 cm³/mol. The Labute approximate surface area is 152 Å². The lowest BCUT2D eigenvalue weighted by atomic mass is 10.0. The van der Waals surface area contributed by atoms with E-state index in [0.29, 0.717) is 0 Å². The number of benzene rings is 2. The first-order valence-corrected chi connectivity index (χ1v) is 8.49. The van der Waals surface area contributed by atoms with Crippen molar-refractivity contribution in [3.05, 3.63) is 48.0 Å². The molecule has 6 nitrogen and oxygen atoms in total. The summed E-state index contributed by atoms with van der Waals surface area (Å²) in [4.78, 5) is 0. The smallest absolute Gasteiger partial charge is 0.144 e. The normalized spacial score (nSPS) is 12.4. The highest BCUT2D eigenvalue weighted by atomic mass is 16.5. The number of hydrogen-bond acceptors (Lipinski definition) is 5. The van der Waals surface area contributed by atoms with E-state index in [9.17, 15) is 0 Å². The van der Waals surface area contributed by atoms with Crippen molar-refractivity contribution in [2.24, 2.45) is 0 Å². The monoisotopic (exact) mass is 351 g/mol. The van der Waals surface area contributed by atoms with Crippen LogP contribution in [0.3, 0.4) is 0 Å². The van der Waals surface area contributed by atoms with E-state index in [1.165, 1.54) is 0 Å². The summed E-state index contributed by atoms with van der Waals surface area (Å²) < 4.78 is 18.6. The SMILES string of the molecule is COc1ccccc1-n1nc(-c2c(OC)cccc2OC)c2c1NCC2. The third-order valence-corrected chi connectivity index (χ3v) is 4.63. The summed E-state index contributed by atoms with van der Waals surface area (Å²) in [5, 5.41) is 8.36. The first kappa shape index (κ1) is 16.3. The summed E-state index contributed by atoms with van der Waals surface area (Å²) in [5.74, 6) is 3.23. The molecule has 3 aromatic rings. The Hall–Kier alpha value is -3.15. The van der Waals surface area contributed by atoms with Gasteiger partial charge in [-0.3, -0.25) is 0 Å². The Balaban J connectivity index is 1.97. The molecule has 1 aromatic heterocycles. The molecule has 0 saturated carbocycles. The van der Waals surface area contributed by atoms with Crippen LogP contribution in [-0.4, -0.2) is 37.7 Å². The second-order valence-corrected chi connectivity index (χ2v) is 5.97. The van der Waals surface area contributed by atoms with Crippen molar-refractivity contribution in [2.45, 2.75) is 6.42 Å². The van der Waals surface area contributed by atoms with Gasteiger partial charge in [0.15, 0.2) is 0 Å². The molecule has 0 saturated heterocycles. The van der Waals surface area contributed by atoms with Crippen molar-refractivity contribution < 1.29 is 14.2 Å². The summed E-state index contributed by atoms with van der Waals surface area (Å²) in [7, 11) is 4.99. The van der Waals surface area contributed by atoms with Gasteiger partial charge in [-0.1, -0.05) is 18.2 Å². The maximum absolute atomic E-state index is 5.59. The summed E-state index contributed by atoms with van der Waals surface area (Å²) in [6, 6.07) is 13.6. The van der Waals surface area contributed by atoms with Crippen LogP contribution in [0, 0.1) is 0 Å². The predicted octanol–water partition coefficient (Wildman–Crippen LogP) is 3.53. The number of nitrogens with one attached hydrogen (secondary N) is 1. The lowest BCUT2D eigenvalue weighted by molar-refractivity contribution is 0.397. The van der Waals surface area contributed by atoms with Crippen LogP contribution in [0.5, 0.6) is 17.2 Å². The van der Waals surface area contributed by atoms with Gasteiger partial charge in [-0.2, -0.15) is 5.10 Å². The standard InChI is InChI=1S/C20H21N3O3/c1-24-15-8-5-4-7-14(15)23-20-13(11-12-21-20)19(22-23)18-16(25-2)9-6-10-17(18)26-3/h4-10,21H,11-12H2,1-3H3. The fourth-order valence-electron chi connectivity index (χ4n) is 3.44. The molecule has 1 aliphatic rings. The zero-order valence-electron chi connectivity index (χ0n) is 15.1. The molecule has 1 aliphatic heterocycles. The molecular weight excluding hydrogens is 330 g/mol. The third kappa shape index (κ3) is 2.45. The summed E-state index contributed by atoms with van der Waals surface area (Å²) in [6.45, 7) is 0.868. The van der Waals surface area contributed by atoms with Gasteiger partial charge in [0.2, 0.25) is 0 Å². The Morgan fingerprint density at radius 3 is 2.23 bits per heavy atom. The van der Waals surface area contributed by atoms with Crippen molar-refractivity contribution in [3.63, 3.8) is 0 Å². The average molecular weight is 351 g/mol. The number of fused-ring (bicyclic) bond motifs is 1. The molecule has 2 heterocycles. The number of rotatable bonds is 5. The molecule has 0 bridgehead atoms. The number of ether oxygens (including phenoxy) is 3. The molecule has 0 atom stereocenters. The molecule has 0 amide bonds. The average Bonchev–Trinajstić information content (AvgIpc) is 3.30. The van der Waals surface area contributed by atoms with Crippen molar-refractivity contribution >= 4 is 5.82 Å². The van der Waals surface area contributed by atoms with Gasteiger partial charge >= 0.3 is 0 Å². The highest BCUT2D eigenvalue weighted by molar-refractivity contribution is 5.81. The fraction of sp³-hybridized carbons (Fsp3) is 0.250. The maximum atomic E-state index is 5.59. The van der Waals surface area contributed by atoms with Gasteiger partial charge in [0.05, 0.1) is 26.9 Å². The first-order valence-electron chi connectivity index (χ1n) is 8.49. The molecular formula is C20H21N3O3. The minimum absolute atomic E-state index is 0.740. The Morgan fingerprint density at radius 1 is 0.885 bits per heavy atom. The van der Waals surface area contributed by atoms with E-state index in [4.69, 9.17) is 19.3 Å². The number of aromatic nitrogens is 2. The fourth-order valence-corrected chi connectivity index (χ4v) is 3.44. The molecule has 26 heavy (non-hydrogen) atoms. The van der Waals surface area contributed by atoms with E-state index in [-0.39, 0.29) is 0 Å². The topological polar surface area (TPSA) is 57.5 Å². The van der Waals surface area contributed by atoms with E-state index >= 15 is 0 Å². The Bertz CT molecular complexity index is 927. The molecule has 4 rings (SSSR count). The minimum Gasteiger partial charge on any atom is -0.496 e. The molecule has 2 aromatic carbocycles. The highest BCUT2D eigenvalue weighted by Gasteiger charge is 2.28. The van der Waals surface area contributed by atoms with Crippen molar-refractivity contribution in [1.29, 1.82) is 0 Å². The van der Waals surface area contributed by atoms with Gasteiger partial charge in [-0.15, -0.1) is 0 Å². The van der Waals surface area contributed by atoms with E-state index in [1.807, 2.05) is 47.1 Å². The molecule has 0 radical (unpaired) electrons. The molecule has 0 fully saturated rings. The van der Waals surface area contributed by atoms with Crippen LogP contribution in [0.15, 0.2) is 42.5 Å². The second kappa shape index (κ2) is 6.63. The zero-order chi connectivity index (χ0) is 18.1. The van der Waals surface area contributed by atoms with Crippen LogP contribution in [0.4, 0.5) is 5.82 Å². The molecule has 134 valence electrons. The number of methoxy groups -OCH3 is 3. The van der Waals surface area contributed by atoms with Gasteiger partial charge in [-0.05, 0) is 30.7 Å². The largest absolute Gasteiger partial charge is 0.496 e. The van der Waals surface area contributed by atoms with E-state index in [2.05, 4.69) is 5.32 Å². The van der Waals surface area contributed by atoms with E-state index < -0.39 is 0 Å². The van der Waals surface area contributed by atoms with Crippen molar-refractivity contribution in [3.8, 4) is 34.2 Å².